The molecule has 2 heterocycles. The van der Waals surface area contributed by atoms with Gasteiger partial charge in [-0.25, -0.2) is 8.42 Å². The van der Waals surface area contributed by atoms with E-state index in [0.717, 1.165) is 0 Å². The summed E-state index contributed by atoms with van der Waals surface area (Å²) in [7, 11) is -3.59. The Morgan fingerprint density at radius 2 is 1.83 bits per heavy atom. The first-order valence-corrected chi connectivity index (χ1v) is 9.43. The zero-order valence-electron chi connectivity index (χ0n) is 13.3. The van der Waals surface area contributed by atoms with E-state index in [1.807, 2.05) is 6.92 Å². The molecule has 0 atom stereocenters. The average Bonchev–Trinajstić information content (AvgIpc) is 2.99. The van der Waals surface area contributed by atoms with Crippen LogP contribution in [0.3, 0.4) is 0 Å². The Morgan fingerprint density at radius 3 is 2.43 bits per heavy atom. The van der Waals surface area contributed by atoms with E-state index in [1.165, 1.54) is 4.31 Å². The van der Waals surface area contributed by atoms with Gasteiger partial charge in [0.2, 0.25) is 15.9 Å². The number of sulfonamides is 1. The van der Waals surface area contributed by atoms with Crippen LogP contribution >= 0.6 is 0 Å². The maximum Gasteiger partial charge on any atom is 0.245 e. The van der Waals surface area contributed by atoms with E-state index in [1.54, 1.807) is 35.2 Å². The van der Waals surface area contributed by atoms with Gasteiger partial charge in [0.1, 0.15) is 5.72 Å². The van der Waals surface area contributed by atoms with Crippen LogP contribution < -0.4 is 0 Å². The Bertz CT molecular complexity index is 667. The van der Waals surface area contributed by atoms with Crippen LogP contribution in [0.5, 0.6) is 0 Å². The molecule has 1 spiro atoms. The first kappa shape index (κ1) is 16.4. The van der Waals surface area contributed by atoms with Gasteiger partial charge in [-0.15, -0.1) is 0 Å². The Labute approximate surface area is 137 Å². The second kappa shape index (κ2) is 6.22. The Balaban J connectivity index is 1.83. The van der Waals surface area contributed by atoms with Crippen molar-refractivity contribution < 1.29 is 17.9 Å². The van der Waals surface area contributed by atoms with Crippen molar-refractivity contribution in [3.05, 3.63) is 30.3 Å². The summed E-state index contributed by atoms with van der Waals surface area (Å²) in [5, 5.41) is 0. The van der Waals surface area contributed by atoms with E-state index in [2.05, 4.69) is 0 Å². The van der Waals surface area contributed by atoms with Crippen LogP contribution in [0.1, 0.15) is 26.2 Å². The number of likely N-dealkylation sites (tertiary alicyclic amines) is 1. The molecular weight excluding hydrogens is 316 g/mol. The van der Waals surface area contributed by atoms with Gasteiger partial charge in [-0.2, -0.15) is 4.31 Å². The Hall–Kier alpha value is -1.44. The monoisotopic (exact) mass is 338 g/mol. The van der Waals surface area contributed by atoms with Crippen LogP contribution in [0.2, 0.25) is 0 Å². The first-order chi connectivity index (χ1) is 11.0. The molecule has 6 nitrogen and oxygen atoms in total. The first-order valence-electron chi connectivity index (χ1n) is 7.99. The number of carbonyl (C=O) groups excluding carboxylic acids is 1. The Kier molecular flexibility index (Phi) is 4.44. The fourth-order valence-electron chi connectivity index (χ4n) is 3.38. The van der Waals surface area contributed by atoms with Crippen molar-refractivity contribution in [1.82, 2.24) is 9.21 Å². The van der Waals surface area contributed by atoms with Gasteiger partial charge in [0.15, 0.2) is 0 Å². The maximum atomic E-state index is 12.9. The number of ether oxygens (including phenoxy) is 1. The zero-order valence-corrected chi connectivity index (χ0v) is 14.1. The van der Waals surface area contributed by atoms with Crippen molar-refractivity contribution in [1.29, 1.82) is 0 Å². The molecule has 0 radical (unpaired) electrons. The van der Waals surface area contributed by atoms with Gasteiger partial charge < -0.3 is 9.64 Å². The summed E-state index contributed by atoms with van der Waals surface area (Å²) < 4.78 is 33.3. The lowest BCUT2D eigenvalue weighted by molar-refractivity contribution is -0.139. The number of amides is 1. The van der Waals surface area contributed by atoms with E-state index >= 15 is 0 Å². The van der Waals surface area contributed by atoms with Crippen molar-refractivity contribution in [2.24, 2.45) is 0 Å². The highest BCUT2D eigenvalue weighted by Gasteiger charge is 2.50. The van der Waals surface area contributed by atoms with Crippen molar-refractivity contribution in [3.63, 3.8) is 0 Å². The molecule has 126 valence electrons. The van der Waals surface area contributed by atoms with E-state index in [-0.39, 0.29) is 10.8 Å². The third kappa shape index (κ3) is 2.88. The van der Waals surface area contributed by atoms with Crippen molar-refractivity contribution in [3.8, 4) is 0 Å². The number of carbonyl (C=O) groups is 1. The minimum absolute atomic E-state index is 0.107. The molecular formula is C16H22N2O4S. The Morgan fingerprint density at radius 1 is 1.17 bits per heavy atom. The molecule has 3 rings (SSSR count). The van der Waals surface area contributed by atoms with Gasteiger partial charge >= 0.3 is 0 Å². The highest BCUT2D eigenvalue weighted by molar-refractivity contribution is 7.89. The van der Waals surface area contributed by atoms with Gasteiger partial charge in [0.05, 0.1) is 11.5 Å². The fraction of sp³-hybridized carbons (Fsp3) is 0.562. The lowest BCUT2D eigenvalue weighted by Crippen LogP contribution is -2.55. The summed E-state index contributed by atoms with van der Waals surface area (Å²) in [6, 6.07) is 8.45. The van der Waals surface area contributed by atoms with Gasteiger partial charge in [-0.05, 0) is 12.1 Å². The fourth-order valence-corrected chi connectivity index (χ4v) is 5.12. The van der Waals surface area contributed by atoms with Gasteiger partial charge in [0, 0.05) is 38.9 Å². The van der Waals surface area contributed by atoms with E-state index < -0.39 is 15.7 Å². The lowest BCUT2D eigenvalue weighted by atomic mass is 10.0. The molecule has 2 saturated heterocycles. The third-order valence-corrected chi connectivity index (χ3v) is 6.61. The molecule has 1 amide bonds. The van der Waals surface area contributed by atoms with E-state index in [0.29, 0.717) is 45.5 Å². The SMILES string of the molecule is CCC(=O)N1CCC2(CC1)OCCN2S(=O)(=O)c1ccccc1. The number of hydrogen-bond donors (Lipinski definition) is 0. The standard InChI is InChI=1S/C16H22N2O4S/c1-2-15(19)17-10-8-16(9-11-17)18(12-13-22-16)23(20,21)14-6-4-3-5-7-14/h3-7H,2,8-13H2,1H3. The lowest BCUT2D eigenvalue weighted by Gasteiger charge is -2.42. The molecule has 7 heteroatoms. The predicted octanol–water partition coefficient (Wildman–Crippen LogP) is 1.44. The minimum Gasteiger partial charge on any atom is -0.358 e. The predicted molar refractivity (Wildman–Crippen MR) is 85.1 cm³/mol. The molecule has 0 saturated carbocycles. The highest BCUT2D eigenvalue weighted by Crippen LogP contribution is 2.38. The summed E-state index contributed by atoms with van der Waals surface area (Å²) in [5.74, 6) is 0.107. The molecule has 1 aromatic rings. The number of piperidine rings is 1. The summed E-state index contributed by atoms with van der Waals surface area (Å²) >= 11 is 0. The summed E-state index contributed by atoms with van der Waals surface area (Å²) in [6.45, 7) is 3.67. The maximum absolute atomic E-state index is 12.9. The quantitative estimate of drug-likeness (QED) is 0.836. The molecule has 1 aromatic carbocycles. The van der Waals surface area contributed by atoms with Crippen LogP contribution in [-0.2, 0) is 19.6 Å². The number of rotatable bonds is 3. The number of nitrogens with zero attached hydrogens (tertiary/aromatic N) is 2. The van der Waals surface area contributed by atoms with Crippen LogP contribution in [0.15, 0.2) is 35.2 Å². The van der Waals surface area contributed by atoms with Crippen LogP contribution in [0.4, 0.5) is 0 Å². The van der Waals surface area contributed by atoms with Gasteiger partial charge in [-0.3, -0.25) is 4.79 Å². The molecule has 0 unspecified atom stereocenters. The average molecular weight is 338 g/mol. The van der Waals surface area contributed by atoms with Gasteiger partial charge in [0.25, 0.3) is 0 Å². The molecule has 2 aliphatic heterocycles. The summed E-state index contributed by atoms with van der Waals surface area (Å²) in [6.07, 6.45) is 1.51. The molecule has 0 aliphatic carbocycles. The molecule has 0 bridgehead atoms. The zero-order chi connectivity index (χ0) is 16.5. The van der Waals surface area contributed by atoms with Crippen molar-refractivity contribution in [2.75, 3.05) is 26.2 Å². The third-order valence-electron chi connectivity index (χ3n) is 4.65. The van der Waals surface area contributed by atoms with Crippen LogP contribution in [0, 0.1) is 0 Å². The van der Waals surface area contributed by atoms with E-state index in [4.69, 9.17) is 4.74 Å². The van der Waals surface area contributed by atoms with Crippen molar-refractivity contribution in [2.45, 2.75) is 36.8 Å². The summed E-state index contributed by atoms with van der Waals surface area (Å²) in [5.41, 5.74) is -0.806. The molecule has 0 N–H and O–H groups in total. The molecule has 2 fully saturated rings. The molecule has 2 aliphatic rings. The highest BCUT2D eigenvalue weighted by atomic mass is 32.2. The van der Waals surface area contributed by atoms with Gasteiger partial charge in [-0.1, -0.05) is 25.1 Å². The van der Waals surface area contributed by atoms with Crippen molar-refractivity contribution >= 4 is 15.9 Å². The second-order valence-electron chi connectivity index (χ2n) is 5.92. The molecule has 0 aromatic heterocycles. The summed E-state index contributed by atoms with van der Waals surface area (Å²) in [4.78, 5) is 13.9. The number of hydrogen-bond acceptors (Lipinski definition) is 4. The smallest absolute Gasteiger partial charge is 0.245 e. The molecule has 23 heavy (non-hydrogen) atoms. The van der Waals surface area contributed by atoms with Crippen LogP contribution in [-0.4, -0.2) is 55.5 Å². The number of benzene rings is 1. The van der Waals surface area contributed by atoms with Crippen LogP contribution in [0.25, 0.3) is 0 Å². The van der Waals surface area contributed by atoms with E-state index in [9.17, 15) is 13.2 Å². The largest absolute Gasteiger partial charge is 0.358 e. The normalized spacial score (nSPS) is 21.7. The minimum atomic E-state index is -3.59. The second-order valence-corrected chi connectivity index (χ2v) is 7.78. The topological polar surface area (TPSA) is 66.9 Å².